The Labute approximate surface area is 90.6 Å². The molecule has 2 nitrogen and oxygen atoms in total. The van der Waals surface area contributed by atoms with Gasteiger partial charge in [-0.15, -0.1) is 0 Å². The van der Waals surface area contributed by atoms with Crippen molar-refractivity contribution in [2.45, 2.75) is 37.4 Å². The first-order valence-electron chi connectivity index (χ1n) is 5.94. The van der Waals surface area contributed by atoms with E-state index in [0.717, 1.165) is 25.7 Å². The van der Waals surface area contributed by atoms with Crippen LogP contribution >= 0.6 is 0 Å². The molecule has 1 aliphatic heterocycles. The average Bonchev–Trinajstić information content (AvgIpc) is 2.64. The second kappa shape index (κ2) is 3.46. The SMILES string of the molecule is OC[C@]12CC=CC[C@H]1[C@H]1CC=CC[C@H]1O2. The summed E-state index contributed by atoms with van der Waals surface area (Å²) in [5.41, 5.74) is -0.254. The van der Waals surface area contributed by atoms with Crippen molar-refractivity contribution in [3.05, 3.63) is 24.3 Å². The summed E-state index contributed by atoms with van der Waals surface area (Å²) in [5, 5.41) is 9.62. The highest BCUT2D eigenvalue weighted by Gasteiger charge is 2.53. The Bertz CT molecular complexity index is 308. The van der Waals surface area contributed by atoms with Crippen molar-refractivity contribution in [2.24, 2.45) is 11.8 Å². The maximum absolute atomic E-state index is 9.62. The molecule has 0 aromatic heterocycles. The molecule has 0 bridgehead atoms. The lowest BCUT2D eigenvalue weighted by molar-refractivity contribution is -0.0896. The molecule has 1 N–H and O–H groups in total. The van der Waals surface area contributed by atoms with Crippen LogP contribution in [0.4, 0.5) is 0 Å². The molecule has 1 heterocycles. The van der Waals surface area contributed by atoms with Crippen LogP contribution in [0.1, 0.15) is 25.7 Å². The summed E-state index contributed by atoms with van der Waals surface area (Å²) < 4.78 is 6.15. The second-order valence-corrected chi connectivity index (χ2v) is 5.00. The smallest absolute Gasteiger partial charge is 0.0984 e. The van der Waals surface area contributed by atoms with Gasteiger partial charge in [0.1, 0.15) is 0 Å². The molecule has 3 rings (SSSR count). The van der Waals surface area contributed by atoms with Crippen LogP contribution in [0.15, 0.2) is 24.3 Å². The third kappa shape index (κ3) is 1.31. The van der Waals surface area contributed by atoms with E-state index in [1.807, 2.05) is 0 Å². The standard InChI is InChI=1S/C13H18O2/c14-9-13-8-4-3-6-11(13)10-5-1-2-7-12(10)15-13/h1-4,10-12,14H,5-9H2/t10-,11+,12-,13-/m1/s1. The van der Waals surface area contributed by atoms with E-state index in [4.69, 9.17) is 4.74 Å². The number of hydrogen-bond donors (Lipinski definition) is 1. The minimum atomic E-state index is -0.254. The Morgan fingerprint density at radius 2 is 1.93 bits per heavy atom. The number of rotatable bonds is 1. The number of aliphatic hydroxyl groups is 1. The van der Waals surface area contributed by atoms with Gasteiger partial charge >= 0.3 is 0 Å². The maximum Gasteiger partial charge on any atom is 0.0984 e. The predicted molar refractivity (Wildman–Crippen MR) is 58.4 cm³/mol. The molecule has 0 aromatic rings. The summed E-state index contributed by atoms with van der Waals surface area (Å²) in [4.78, 5) is 0. The number of allylic oxidation sites excluding steroid dienone is 2. The van der Waals surface area contributed by atoms with E-state index in [2.05, 4.69) is 24.3 Å². The monoisotopic (exact) mass is 206 g/mol. The van der Waals surface area contributed by atoms with Crippen LogP contribution in [0.3, 0.4) is 0 Å². The van der Waals surface area contributed by atoms with Crippen molar-refractivity contribution in [1.29, 1.82) is 0 Å². The van der Waals surface area contributed by atoms with Crippen molar-refractivity contribution in [3.63, 3.8) is 0 Å². The van der Waals surface area contributed by atoms with Crippen molar-refractivity contribution in [1.82, 2.24) is 0 Å². The Hall–Kier alpha value is -0.600. The van der Waals surface area contributed by atoms with Gasteiger partial charge in [0.05, 0.1) is 18.3 Å². The summed E-state index contributed by atoms with van der Waals surface area (Å²) in [5.74, 6) is 1.16. The number of aliphatic hydroxyl groups excluding tert-OH is 1. The van der Waals surface area contributed by atoms with Gasteiger partial charge in [0.25, 0.3) is 0 Å². The molecular formula is C13H18O2. The van der Waals surface area contributed by atoms with Gasteiger partial charge in [0.2, 0.25) is 0 Å². The molecule has 15 heavy (non-hydrogen) atoms. The number of ether oxygens (including phenoxy) is 1. The molecule has 1 saturated heterocycles. The molecule has 0 radical (unpaired) electrons. The molecule has 0 saturated carbocycles. The Morgan fingerprint density at radius 3 is 2.80 bits per heavy atom. The predicted octanol–water partition coefficient (Wildman–Crippen LogP) is 2.05. The van der Waals surface area contributed by atoms with Crippen LogP contribution in [0.25, 0.3) is 0 Å². The summed E-state index contributed by atoms with van der Waals surface area (Å²) >= 11 is 0. The van der Waals surface area contributed by atoms with Crippen molar-refractivity contribution >= 4 is 0 Å². The third-order valence-electron chi connectivity index (χ3n) is 4.29. The second-order valence-electron chi connectivity index (χ2n) is 5.00. The normalized spacial score (nSPS) is 47.7. The Morgan fingerprint density at radius 1 is 1.13 bits per heavy atom. The summed E-state index contributed by atoms with van der Waals surface area (Å²) in [6, 6.07) is 0. The summed E-state index contributed by atoms with van der Waals surface area (Å²) in [6.45, 7) is 0.176. The Kier molecular flexibility index (Phi) is 2.22. The average molecular weight is 206 g/mol. The first kappa shape index (κ1) is 9.61. The van der Waals surface area contributed by atoms with Gasteiger partial charge in [0.15, 0.2) is 0 Å². The quantitative estimate of drug-likeness (QED) is 0.665. The highest BCUT2D eigenvalue weighted by molar-refractivity contribution is 5.14. The van der Waals surface area contributed by atoms with Gasteiger partial charge in [-0.3, -0.25) is 0 Å². The number of fused-ring (bicyclic) bond motifs is 3. The lowest BCUT2D eigenvalue weighted by atomic mass is 9.71. The van der Waals surface area contributed by atoms with E-state index in [9.17, 15) is 5.11 Å². The zero-order chi connectivity index (χ0) is 10.3. The van der Waals surface area contributed by atoms with E-state index in [1.165, 1.54) is 0 Å². The largest absolute Gasteiger partial charge is 0.393 e. The summed E-state index contributed by atoms with van der Waals surface area (Å²) in [6.07, 6.45) is 13.4. The van der Waals surface area contributed by atoms with E-state index < -0.39 is 0 Å². The van der Waals surface area contributed by atoms with Gasteiger partial charge in [0, 0.05) is 0 Å². The van der Waals surface area contributed by atoms with Crippen LogP contribution in [-0.2, 0) is 4.74 Å². The molecule has 2 heteroatoms. The lowest BCUT2D eigenvalue weighted by Gasteiger charge is -2.35. The first-order chi connectivity index (χ1) is 7.36. The molecule has 0 aromatic carbocycles. The van der Waals surface area contributed by atoms with E-state index in [-0.39, 0.29) is 12.2 Å². The zero-order valence-electron chi connectivity index (χ0n) is 8.93. The first-order valence-corrected chi connectivity index (χ1v) is 5.94. The fraction of sp³-hybridized carbons (Fsp3) is 0.692. The maximum atomic E-state index is 9.62. The molecule has 1 fully saturated rings. The van der Waals surface area contributed by atoms with Crippen LogP contribution in [0.5, 0.6) is 0 Å². The highest BCUT2D eigenvalue weighted by Crippen LogP contribution is 2.50. The topological polar surface area (TPSA) is 29.5 Å². The fourth-order valence-corrected chi connectivity index (χ4v) is 3.48. The van der Waals surface area contributed by atoms with Gasteiger partial charge < -0.3 is 9.84 Å². The highest BCUT2D eigenvalue weighted by atomic mass is 16.5. The van der Waals surface area contributed by atoms with Gasteiger partial charge in [-0.05, 0) is 37.5 Å². The molecular weight excluding hydrogens is 188 g/mol. The van der Waals surface area contributed by atoms with E-state index >= 15 is 0 Å². The molecule has 4 atom stereocenters. The molecule has 2 aliphatic carbocycles. The zero-order valence-corrected chi connectivity index (χ0v) is 8.93. The molecule has 0 unspecified atom stereocenters. The van der Waals surface area contributed by atoms with Gasteiger partial charge in [-0.1, -0.05) is 24.3 Å². The van der Waals surface area contributed by atoms with E-state index in [1.54, 1.807) is 0 Å². The lowest BCUT2D eigenvalue weighted by Crippen LogP contribution is -2.41. The van der Waals surface area contributed by atoms with Gasteiger partial charge in [-0.25, -0.2) is 0 Å². The van der Waals surface area contributed by atoms with Crippen LogP contribution in [0.2, 0.25) is 0 Å². The molecule has 0 amide bonds. The van der Waals surface area contributed by atoms with Gasteiger partial charge in [-0.2, -0.15) is 0 Å². The van der Waals surface area contributed by atoms with Crippen LogP contribution in [0, 0.1) is 11.8 Å². The third-order valence-corrected chi connectivity index (χ3v) is 4.29. The minimum absolute atomic E-state index is 0.176. The molecule has 0 spiro atoms. The van der Waals surface area contributed by atoms with Crippen molar-refractivity contribution in [3.8, 4) is 0 Å². The molecule has 82 valence electrons. The minimum Gasteiger partial charge on any atom is -0.393 e. The van der Waals surface area contributed by atoms with Crippen LogP contribution < -0.4 is 0 Å². The molecule has 3 aliphatic rings. The van der Waals surface area contributed by atoms with Crippen molar-refractivity contribution < 1.29 is 9.84 Å². The fourth-order valence-electron chi connectivity index (χ4n) is 3.48. The van der Waals surface area contributed by atoms with Crippen molar-refractivity contribution in [2.75, 3.05) is 6.61 Å². The Balaban J connectivity index is 1.92. The number of hydrogen-bond acceptors (Lipinski definition) is 2. The van der Waals surface area contributed by atoms with Crippen LogP contribution in [-0.4, -0.2) is 23.4 Å². The summed E-state index contributed by atoms with van der Waals surface area (Å²) in [7, 11) is 0. The van der Waals surface area contributed by atoms with E-state index in [0.29, 0.717) is 17.9 Å².